The van der Waals surface area contributed by atoms with Crippen molar-refractivity contribution in [3.05, 3.63) is 0 Å². The van der Waals surface area contributed by atoms with Crippen molar-refractivity contribution in [2.24, 2.45) is 5.92 Å². The zero-order chi connectivity index (χ0) is 12.2. The fourth-order valence-corrected chi connectivity index (χ4v) is 3.09. The standard InChI is InChI=1S/C10H23N3O2S/c1-9(2)8-12-16(14,15)13(3)10-4-6-11-7-5-10/h9-12H,4-8H2,1-3H3. The fraction of sp³-hybridized carbons (Fsp3) is 1.00. The normalized spacial score (nSPS) is 19.6. The van der Waals surface area contributed by atoms with Gasteiger partial charge in [-0.15, -0.1) is 0 Å². The van der Waals surface area contributed by atoms with Gasteiger partial charge >= 0.3 is 0 Å². The van der Waals surface area contributed by atoms with Crippen LogP contribution < -0.4 is 10.0 Å². The largest absolute Gasteiger partial charge is 0.317 e. The van der Waals surface area contributed by atoms with Crippen molar-refractivity contribution in [3.8, 4) is 0 Å². The van der Waals surface area contributed by atoms with Crippen molar-refractivity contribution in [1.29, 1.82) is 0 Å². The monoisotopic (exact) mass is 249 g/mol. The highest BCUT2D eigenvalue weighted by atomic mass is 32.2. The second-order valence-corrected chi connectivity index (χ2v) is 6.56. The molecule has 0 radical (unpaired) electrons. The topological polar surface area (TPSA) is 61.4 Å². The minimum atomic E-state index is -3.30. The second kappa shape index (κ2) is 5.95. The third kappa shape index (κ3) is 4.01. The highest BCUT2D eigenvalue weighted by Crippen LogP contribution is 2.12. The van der Waals surface area contributed by atoms with Gasteiger partial charge in [-0.1, -0.05) is 13.8 Å². The van der Waals surface area contributed by atoms with E-state index in [-0.39, 0.29) is 6.04 Å². The average molecular weight is 249 g/mol. The maximum Gasteiger partial charge on any atom is 0.279 e. The highest BCUT2D eigenvalue weighted by Gasteiger charge is 2.26. The van der Waals surface area contributed by atoms with E-state index in [9.17, 15) is 8.42 Å². The molecule has 0 bridgehead atoms. The van der Waals surface area contributed by atoms with Gasteiger partial charge in [0, 0.05) is 19.6 Å². The summed E-state index contributed by atoms with van der Waals surface area (Å²) in [4.78, 5) is 0. The van der Waals surface area contributed by atoms with Crippen molar-refractivity contribution >= 4 is 10.2 Å². The molecule has 96 valence electrons. The van der Waals surface area contributed by atoms with Crippen LogP contribution in [0.15, 0.2) is 0 Å². The molecule has 0 unspecified atom stereocenters. The first-order valence-electron chi connectivity index (χ1n) is 5.87. The molecule has 1 rings (SSSR count). The summed E-state index contributed by atoms with van der Waals surface area (Å²) in [5, 5.41) is 3.23. The maximum absolute atomic E-state index is 11.9. The summed E-state index contributed by atoms with van der Waals surface area (Å²) < 4.78 is 28.0. The molecule has 0 saturated carbocycles. The van der Waals surface area contributed by atoms with Crippen molar-refractivity contribution in [2.75, 3.05) is 26.7 Å². The molecule has 6 heteroatoms. The average Bonchev–Trinajstić information content (AvgIpc) is 2.27. The molecule has 5 nitrogen and oxygen atoms in total. The number of piperidine rings is 1. The van der Waals surface area contributed by atoms with Gasteiger partial charge in [-0.3, -0.25) is 0 Å². The lowest BCUT2D eigenvalue weighted by Gasteiger charge is -2.31. The molecule has 1 fully saturated rings. The summed E-state index contributed by atoms with van der Waals surface area (Å²) in [6, 6.07) is 0.130. The van der Waals surface area contributed by atoms with E-state index in [0.29, 0.717) is 12.5 Å². The first kappa shape index (κ1) is 13.9. The zero-order valence-corrected chi connectivity index (χ0v) is 11.2. The number of rotatable bonds is 5. The SMILES string of the molecule is CC(C)CNS(=O)(=O)N(C)C1CCNCC1. The van der Waals surface area contributed by atoms with Gasteiger partial charge in [-0.25, -0.2) is 4.72 Å². The van der Waals surface area contributed by atoms with E-state index in [1.165, 1.54) is 4.31 Å². The lowest BCUT2D eigenvalue weighted by Crippen LogP contribution is -2.48. The van der Waals surface area contributed by atoms with Crippen LogP contribution in [0.5, 0.6) is 0 Å². The molecule has 0 amide bonds. The van der Waals surface area contributed by atoms with E-state index in [4.69, 9.17) is 0 Å². The highest BCUT2D eigenvalue weighted by molar-refractivity contribution is 7.87. The van der Waals surface area contributed by atoms with Crippen molar-refractivity contribution in [1.82, 2.24) is 14.3 Å². The Morgan fingerprint density at radius 2 is 1.94 bits per heavy atom. The van der Waals surface area contributed by atoms with Gasteiger partial charge in [-0.05, 0) is 31.8 Å². The van der Waals surface area contributed by atoms with Crippen LogP contribution in [0.25, 0.3) is 0 Å². The van der Waals surface area contributed by atoms with Gasteiger partial charge in [-0.2, -0.15) is 12.7 Å². The Bertz CT molecular complexity index is 297. The van der Waals surface area contributed by atoms with Crippen LogP contribution in [-0.2, 0) is 10.2 Å². The molecule has 16 heavy (non-hydrogen) atoms. The first-order chi connectivity index (χ1) is 7.43. The molecule has 2 N–H and O–H groups in total. The summed E-state index contributed by atoms with van der Waals surface area (Å²) in [5.41, 5.74) is 0. The maximum atomic E-state index is 11.9. The van der Waals surface area contributed by atoms with Crippen LogP contribution in [0.2, 0.25) is 0 Å². The second-order valence-electron chi connectivity index (χ2n) is 4.74. The third-order valence-corrected chi connectivity index (χ3v) is 4.46. The van der Waals surface area contributed by atoms with Gasteiger partial charge in [0.15, 0.2) is 0 Å². The number of nitrogens with one attached hydrogen (secondary N) is 2. The van der Waals surface area contributed by atoms with E-state index < -0.39 is 10.2 Å². The van der Waals surface area contributed by atoms with Gasteiger partial charge in [0.25, 0.3) is 10.2 Å². The molecule has 1 saturated heterocycles. The molecule has 0 aliphatic carbocycles. The Morgan fingerprint density at radius 3 is 2.44 bits per heavy atom. The lowest BCUT2D eigenvalue weighted by molar-refractivity contribution is 0.292. The van der Waals surface area contributed by atoms with E-state index >= 15 is 0 Å². The van der Waals surface area contributed by atoms with Crippen LogP contribution in [0.3, 0.4) is 0 Å². The zero-order valence-electron chi connectivity index (χ0n) is 10.4. The van der Waals surface area contributed by atoms with E-state index in [2.05, 4.69) is 10.0 Å². The number of hydrogen-bond donors (Lipinski definition) is 2. The molecule has 0 aromatic rings. The van der Waals surface area contributed by atoms with Gasteiger partial charge < -0.3 is 5.32 Å². The van der Waals surface area contributed by atoms with Gasteiger partial charge in [0.05, 0.1) is 0 Å². The van der Waals surface area contributed by atoms with Crippen LogP contribution in [0, 0.1) is 5.92 Å². The summed E-state index contributed by atoms with van der Waals surface area (Å²) >= 11 is 0. The molecule has 0 aromatic carbocycles. The molecular formula is C10H23N3O2S. The predicted octanol–water partition coefficient (Wildman–Crippen LogP) is 0.161. The summed E-state index contributed by atoms with van der Waals surface area (Å²) in [6.45, 7) is 6.28. The van der Waals surface area contributed by atoms with Crippen LogP contribution in [0.1, 0.15) is 26.7 Å². The van der Waals surface area contributed by atoms with E-state index in [1.54, 1.807) is 7.05 Å². The molecule has 1 heterocycles. The first-order valence-corrected chi connectivity index (χ1v) is 7.31. The molecule has 0 atom stereocenters. The van der Waals surface area contributed by atoms with Crippen molar-refractivity contribution in [2.45, 2.75) is 32.7 Å². The molecule has 1 aliphatic rings. The predicted molar refractivity (Wildman–Crippen MR) is 65.4 cm³/mol. The van der Waals surface area contributed by atoms with Crippen molar-refractivity contribution in [3.63, 3.8) is 0 Å². The van der Waals surface area contributed by atoms with Gasteiger partial charge in [0.2, 0.25) is 0 Å². The Morgan fingerprint density at radius 1 is 1.38 bits per heavy atom. The fourth-order valence-electron chi connectivity index (χ4n) is 1.74. The van der Waals surface area contributed by atoms with Crippen LogP contribution >= 0.6 is 0 Å². The van der Waals surface area contributed by atoms with Crippen LogP contribution in [0.4, 0.5) is 0 Å². The Kier molecular flexibility index (Phi) is 5.17. The molecule has 0 spiro atoms. The summed E-state index contributed by atoms with van der Waals surface area (Å²) in [7, 11) is -1.63. The minimum Gasteiger partial charge on any atom is -0.317 e. The smallest absolute Gasteiger partial charge is 0.279 e. The summed E-state index contributed by atoms with van der Waals surface area (Å²) in [6.07, 6.45) is 1.78. The molecular weight excluding hydrogens is 226 g/mol. The number of hydrogen-bond acceptors (Lipinski definition) is 3. The van der Waals surface area contributed by atoms with Gasteiger partial charge in [0.1, 0.15) is 0 Å². The van der Waals surface area contributed by atoms with Crippen molar-refractivity contribution < 1.29 is 8.42 Å². The Hall–Kier alpha value is -0.170. The van der Waals surface area contributed by atoms with E-state index in [0.717, 1.165) is 25.9 Å². The Labute approximate surface area is 98.8 Å². The summed E-state index contributed by atoms with van der Waals surface area (Å²) in [5.74, 6) is 0.330. The minimum absolute atomic E-state index is 0.130. The molecule has 0 aromatic heterocycles. The molecule has 1 aliphatic heterocycles. The number of nitrogens with zero attached hydrogens (tertiary/aromatic N) is 1. The van der Waals surface area contributed by atoms with Crippen LogP contribution in [-0.4, -0.2) is 45.4 Å². The van der Waals surface area contributed by atoms with E-state index in [1.807, 2.05) is 13.8 Å². The lowest BCUT2D eigenvalue weighted by atomic mass is 10.1. The quantitative estimate of drug-likeness (QED) is 0.730. The Balaban J connectivity index is 2.53. The third-order valence-electron chi connectivity index (χ3n) is 2.88.